The minimum Gasteiger partial charge on any atom is -0.462 e. The molecule has 0 unspecified atom stereocenters. The van der Waals surface area contributed by atoms with Crippen LogP contribution in [0.5, 0.6) is 0 Å². The summed E-state index contributed by atoms with van der Waals surface area (Å²) in [5.41, 5.74) is 1.58. The second-order valence-electron chi connectivity index (χ2n) is 7.19. The van der Waals surface area contributed by atoms with E-state index in [1.807, 2.05) is 5.38 Å². The number of piperidine rings is 1. The number of carbonyl (C=O) groups excluding carboxylic acids is 2. The van der Waals surface area contributed by atoms with E-state index in [4.69, 9.17) is 4.74 Å². The van der Waals surface area contributed by atoms with Gasteiger partial charge in [0, 0.05) is 31.4 Å². The molecular weight excluding hydrogens is 376 g/mol. The van der Waals surface area contributed by atoms with Crippen molar-refractivity contribution < 1.29 is 14.3 Å². The van der Waals surface area contributed by atoms with Crippen molar-refractivity contribution in [3.63, 3.8) is 0 Å². The van der Waals surface area contributed by atoms with Crippen molar-refractivity contribution >= 4 is 34.2 Å². The molecule has 4 rings (SSSR count). The number of nitrogens with one attached hydrogen (secondary N) is 1. The number of carbonyl (C=O) groups is 2. The van der Waals surface area contributed by atoms with E-state index in [0.29, 0.717) is 29.0 Å². The lowest BCUT2D eigenvalue weighted by Gasteiger charge is -2.31. The molecule has 28 heavy (non-hydrogen) atoms. The summed E-state index contributed by atoms with van der Waals surface area (Å²) in [6, 6.07) is 1.79. The zero-order valence-corrected chi connectivity index (χ0v) is 16.7. The van der Waals surface area contributed by atoms with Crippen molar-refractivity contribution in [3.05, 3.63) is 35.0 Å². The van der Waals surface area contributed by atoms with Gasteiger partial charge in [-0.3, -0.25) is 4.79 Å². The van der Waals surface area contributed by atoms with Gasteiger partial charge in [0.05, 0.1) is 12.2 Å². The van der Waals surface area contributed by atoms with Gasteiger partial charge in [0.25, 0.3) is 0 Å². The summed E-state index contributed by atoms with van der Waals surface area (Å²) in [4.78, 5) is 35.9. The van der Waals surface area contributed by atoms with Gasteiger partial charge < -0.3 is 15.0 Å². The maximum Gasteiger partial charge on any atom is 0.341 e. The summed E-state index contributed by atoms with van der Waals surface area (Å²) in [6.45, 7) is 3.60. The first-order chi connectivity index (χ1) is 13.7. The van der Waals surface area contributed by atoms with E-state index >= 15 is 0 Å². The van der Waals surface area contributed by atoms with Crippen LogP contribution in [0.1, 0.15) is 54.4 Å². The second-order valence-corrected chi connectivity index (χ2v) is 8.07. The quantitative estimate of drug-likeness (QED) is 0.748. The highest BCUT2D eigenvalue weighted by molar-refractivity contribution is 7.15. The summed E-state index contributed by atoms with van der Waals surface area (Å²) < 4.78 is 5.23. The minimum absolute atomic E-state index is 0.0247. The van der Waals surface area contributed by atoms with Crippen LogP contribution < -0.4 is 10.2 Å². The Morgan fingerprint density at radius 1 is 1.21 bits per heavy atom. The lowest BCUT2D eigenvalue weighted by Crippen LogP contribution is -2.39. The Morgan fingerprint density at radius 2 is 1.93 bits per heavy atom. The Kier molecular flexibility index (Phi) is 5.57. The number of ether oxygens (including phenoxy) is 1. The summed E-state index contributed by atoms with van der Waals surface area (Å²) in [7, 11) is 0. The molecular formula is C20H24N4O3S. The number of rotatable bonds is 6. The molecule has 2 aromatic heterocycles. The topological polar surface area (TPSA) is 84.4 Å². The van der Waals surface area contributed by atoms with Gasteiger partial charge in [-0.25, -0.2) is 14.8 Å². The normalized spacial score (nSPS) is 17.4. The number of thiophene rings is 1. The molecule has 1 saturated heterocycles. The van der Waals surface area contributed by atoms with Crippen LogP contribution >= 0.6 is 11.3 Å². The highest BCUT2D eigenvalue weighted by atomic mass is 32.1. The average molecular weight is 401 g/mol. The molecule has 0 radical (unpaired) electrons. The molecule has 0 bridgehead atoms. The van der Waals surface area contributed by atoms with Crippen LogP contribution in [-0.2, 0) is 9.53 Å². The van der Waals surface area contributed by atoms with Crippen LogP contribution in [0.15, 0.2) is 23.8 Å². The maximum atomic E-state index is 12.8. The number of amides is 1. The second kappa shape index (κ2) is 8.26. The molecule has 2 fully saturated rings. The van der Waals surface area contributed by atoms with Crippen molar-refractivity contribution in [1.82, 2.24) is 9.97 Å². The van der Waals surface area contributed by atoms with Crippen molar-refractivity contribution in [1.29, 1.82) is 0 Å². The Labute approximate surface area is 168 Å². The van der Waals surface area contributed by atoms with Crippen LogP contribution in [0.25, 0.3) is 0 Å². The molecule has 1 aliphatic heterocycles. The van der Waals surface area contributed by atoms with Crippen molar-refractivity contribution in [2.75, 3.05) is 29.9 Å². The molecule has 0 spiro atoms. The molecule has 0 atom stereocenters. The molecule has 1 saturated carbocycles. The van der Waals surface area contributed by atoms with E-state index in [1.54, 1.807) is 25.4 Å². The minimum atomic E-state index is -0.336. The molecule has 1 amide bonds. The molecule has 148 valence electrons. The number of hydrogen-bond donors (Lipinski definition) is 1. The summed E-state index contributed by atoms with van der Waals surface area (Å²) in [5, 5.41) is 5.63. The average Bonchev–Trinajstić information content (AvgIpc) is 3.49. The number of aromatic nitrogens is 2. The van der Waals surface area contributed by atoms with Gasteiger partial charge in [-0.2, -0.15) is 0 Å². The third-order valence-corrected chi connectivity index (χ3v) is 6.17. The van der Waals surface area contributed by atoms with E-state index in [0.717, 1.165) is 44.3 Å². The van der Waals surface area contributed by atoms with Crippen LogP contribution in [0, 0.1) is 5.92 Å². The fourth-order valence-electron chi connectivity index (χ4n) is 3.58. The van der Waals surface area contributed by atoms with Crippen molar-refractivity contribution in [2.45, 2.75) is 38.5 Å². The van der Waals surface area contributed by atoms with E-state index < -0.39 is 0 Å². The third kappa shape index (κ3) is 4.01. The van der Waals surface area contributed by atoms with Crippen molar-refractivity contribution in [3.8, 4) is 0 Å². The molecule has 2 aliphatic rings. The Morgan fingerprint density at radius 3 is 2.57 bits per heavy atom. The van der Waals surface area contributed by atoms with E-state index in [1.165, 1.54) is 11.3 Å². The van der Waals surface area contributed by atoms with Gasteiger partial charge in [-0.15, -0.1) is 11.3 Å². The first kappa shape index (κ1) is 18.9. The first-order valence-electron chi connectivity index (χ1n) is 9.78. The third-order valence-electron chi connectivity index (χ3n) is 5.25. The highest BCUT2D eigenvalue weighted by Gasteiger charge is 2.33. The van der Waals surface area contributed by atoms with Gasteiger partial charge >= 0.3 is 5.97 Å². The van der Waals surface area contributed by atoms with Crippen LogP contribution in [-0.4, -0.2) is 41.5 Å². The zero-order valence-electron chi connectivity index (χ0n) is 15.9. The SMILES string of the molecule is CCOC(=O)c1c(C2CC2)csc1NC(=O)C1CCN(c2ncccn2)CC1. The predicted molar refractivity (Wildman–Crippen MR) is 108 cm³/mol. The van der Waals surface area contributed by atoms with Gasteiger partial charge in [0.2, 0.25) is 11.9 Å². The zero-order chi connectivity index (χ0) is 19.5. The molecule has 3 heterocycles. The summed E-state index contributed by atoms with van der Waals surface area (Å²) >= 11 is 1.43. The maximum absolute atomic E-state index is 12.8. The molecule has 1 aliphatic carbocycles. The smallest absolute Gasteiger partial charge is 0.341 e. The molecule has 2 aromatic rings. The van der Waals surface area contributed by atoms with Gasteiger partial charge in [0.1, 0.15) is 5.00 Å². The largest absolute Gasteiger partial charge is 0.462 e. The molecule has 0 aromatic carbocycles. The first-order valence-corrected chi connectivity index (χ1v) is 10.7. The Bertz CT molecular complexity index is 842. The molecule has 8 heteroatoms. The van der Waals surface area contributed by atoms with Crippen molar-refractivity contribution in [2.24, 2.45) is 5.92 Å². The molecule has 1 N–H and O–H groups in total. The van der Waals surface area contributed by atoms with E-state index in [9.17, 15) is 9.59 Å². The van der Waals surface area contributed by atoms with Crippen LogP contribution in [0.4, 0.5) is 10.9 Å². The predicted octanol–water partition coefficient (Wildman–Crippen LogP) is 3.45. The Balaban J connectivity index is 1.41. The van der Waals surface area contributed by atoms with E-state index in [2.05, 4.69) is 20.2 Å². The highest BCUT2D eigenvalue weighted by Crippen LogP contribution is 2.46. The Hall–Kier alpha value is -2.48. The number of nitrogens with zero attached hydrogens (tertiary/aromatic N) is 3. The number of esters is 1. The fourth-order valence-corrected chi connectivity index (χ4v) is 4.62. The summed E-state index contributed by atoms with van der Waals surface area (Å²) in [6.07, 6.45) is 7.12. The number of hydrogen-bond acceptors (Lipinski definition) is 7. The van der Waals surface area contributed by atoms with Gasteiger partial charge in [-0.1, -0.05) is 0 Å². The molecule has 7 nitrogen and oxygen atoms in total. The number of anilines is 2. The summed E-state index contributed by atoms with van der Waals surface area (Å²) in [5.74, 6) is 0.690. The van der Waals surface area contributed by atoms with Crippen LogP contribution in [0.3, 0.4) is 0 Å². The lowest BCUT2D eigenvalue weighted by molar-refractivity contribution is -0.120. The fraction of sp³-hybridized carbons (Fsp3) is 0.500. The van der Waals surface area contributed by atoms with Gasteiger partial charge in [0.15, 0.2) is 0 Å². The van der Waals surface area contributed by atoms with Crippen LogP contribution in [0.2, 0.25) is 0 Å². The standard InChI is InChI=1S/C20H24N4O3S/c1-2-27-19(26)16-15(13-4-5-13)12-28-18(16)23-17(25)14-6-10-24(11-7-14)20-21-8-3-9-22-20/h3,8-9,12-14H,2,4-7,10-11H2,1H3,(H,23,25). The lowest BCUT2D eigenvalue weighted by atomic mass is 9.96. The van der Waals surface area contributed by atoms with E-state index in [-0.39, 0.29) is 17.8 Å². The monoisotopic (exact) mass is 400 g/mol. The van der Waals surface area contributed by atoms with Gasteiger partial charge in [-0.05, 0) is 55.5 Å².